The highest BCUT2D eigenvalue weighted by Crippen LogP contribution is 2.27. The van der Waals surface area contributed by atoms with Crippen molar-refractivity contribution in [3.05, 3.63) is 95.1 Å². The van der Waals surface area contributed by atoms with E-state index < -0.39 is 6.04 Å². The van der Waals surface area contributed by atoms with Gasteiger partial charge < -0.3 is 15.5 Å². The van der Waals surface area contributed by atoms with Crippen LogP contribution in [0.5, 0.6) is 0 Å². The third kappa shape index (κ3) is 4.39. The average molecular weight is 427 g/mol. The van der Waals surface area contributed by atoms with Gasteiger partial charge in [0.2, 0.25) is 0 Å². The Morgan fingerprint density at radius 1 is 1.00 bits per heavy atom. The average Bonchev–Trinajstić information content (AvgIpc) is 2.90. The second-order valence-electron chi connectivity index (χ2n) is 7.93. The molecule has 162 valence electrons. The van der Waals surface area contributed by atoms with Crippen LogP contribution < -0.4 is 15.5 Å². The second kappa shape index (κ2) is 9.06. The van der Waals surface area contributed by atoms with Crippen molar-refractivity contribution in [1.29, 1.82) is 0 Å². The van der Waals surface area contributed by atoms with Gasteiger partial charge >= 0.3 is 6.03 Å². The molecular formula is C26H26N4O2. The van der Waals surface area contributed by atoms with E-state index in [4.69, 9.17) is 4.99 Å². The number of aryl methyl sites for hydroxylation is 2. The maximum atomic E-state index is 13.2. The Balaban J connectivity index is 1.59. The summed E-state index contributed by atoms with van der Waals surface area (Å²) >= 11 is 0. The number of anilines is 2. The number of amides is 3. The molecular weight excluding hydrogens is 400 g/mol. The van der Waals surface area contributed by atoms with Crippen molar-refractivity contribution in [1.82, 2.24) is 5.32 Å². The van der Waals surface area contributed by atoms with E-state index in [1.165, 1.54) is 0 Å². The summed E-state index contributed by atoms with van der Waals surface area (Å²) in [6, 6.07) is 22.2. The fourth-order valence-electron chi connectivity index (χ4n) is 3.86. The number of likely N-dealkylation sites (N-methyl/N-ethyl adjacent to an activating group) is 1. The van der Waals surface area contributed by atoms with Crippen LogP contribution in [0, 0.1) is 13.8 Å². The predicted molar refractivity (Wildman–Crippen MR) is 129 cm³/mol. The van der Waals surface area contributed by atoms with Crippen molar-refractivity contribution in [3.8, 4) is 0 Å². The second-order valence-corrected chi connectivity index (χ2v) is 7.93. The summed E-state index contributed by atoms with van der Waals surface area (Å²) in [4.78, 5) is 32.2. The Kier molecular flexibility index (Phi) is 6.03. The van der Waals surface area contributed by atoms with E-state index >= 15 is 0 Å². The van der Waals surface area contributed by atoms with Gasteiger partial charge in [0, 0.05) is 23.9 Å². The Labute approximate surface area is 188 Å². The summed E-state index contributed by atoms with van der Waals surface area (Å²) in [6.07, 6.45) is 0. The molecule has 0 saturated carbocycles. The van der Waals surface area contributed by atoms with Gasteiger partial charge in [-0.05, 0) is 31.5 Å². The molecule has 0 spiro atoms. The molecule has 0 aliphatic carbocycles. The van der Waals surface area contributed by atoms with E-state index in [0.29, 0.717) is 0 Å². The van der Waals surface area contributed by atoms with E-state index in [9.17, 15) is 9.59 Å². The van der Waals surface area contributed by atoms with Crippen LogP contribution in [0.25, 0.3) is 0 Å². The molecule has 0 saturated heterocycles. The van der Waals surface area contributed by atoms with Gasteiger partial charge in [-0.2, -0.15) is 0 Å². The number of hydrogen-bond acceptors (Lipinski definition) is 3. The van der Waals surface area contributed by atoms with E-state index in [0.717, 1.165) is 39.3 Å². The summed E-state index contributed by atoms with van der Waals surface area (Å²) in [5, 5.41) is 5.67. The summed E-state index contributed by atoms with van der Waals surface area (Å²) < 4.78 is 0. The Bertz CT molecular complexity index is 1190. The van der Waals surface area contributed by atoms with Crippen molar-refractivity contribution < 1.29 is 9.59 Å². The minimum Gasteiger partial charge on any atom is -0.335 e. The first-order valence-corrected chi connectivity index (χ1v) is 10.6. The normalized spacial score (nSPS) is 15.5. The maximum Gasteiger partial charge on any atom is 0.319 e. The van der Waals surface area contributed by atoms with E-state index in [1.54, 1.807) is 11.9 Å². The summed E-state index contributed by atoms with van der Waals surface area (Å²) in [5.41, 5.74) is 6.18. The SMILES string of the molecule is Cc1ccc(NC(=O)NCC2N=C(c3ccccc3)c3ccccc3N(C)C2=O)c(C)c1. The Morgan fingerprint density at radius 3 is 2.47 bits per heavy atom. The molecule has 2 N–H and O–H groups in total. The van der Waals surface area contributed by atoms with Crippen LogP contribution in [0.4, 0.5) is 16.2 Å². The van der Waals surface area contributed by atoms with Crippen molar-refractivity contribution in [2.24, 2.45) is 4.99 Å². The highest BCUT2D eigenvalue weighted by molar-refractivity contribution is 6.20. The first kappa shape index (κ1) is 21.3. The molecule has 1 atom stereocenters. The van der Waals surface area contributed by atoms with Crippen LogP contribution in [0.3, 0.4) is 0 Å². The number of benzodiazepines with no additional fused rings is 1. The fraction of sp³-hybridized carbons (Fsp3) is 0.192. The van der Waals surface area contributed by atoms with Crippen LogP contribution in [0.1, 0.15) is 22.3 Å². The number of urea groups is 1. The highest BCUT2D eigenvalue weighted by atomic mass is 16.2. The maximum absolute atomic E-state index is 13.2. The number of nitrogens with zero attached hydrogens (tertiary/aromatic N) is 2. The number of hydrogen-bond donors (Lipinski definition) is 2. The first-order chi connectivity index (χ1) is 15.4. The third-order valence-corrected chi connectivity index (χ3v) is 5.55. The number of carbonyl (C=O) groups excluding carboxylic acids is 2. The summed E-state index contributed by atoms with van der Waals surface area (Å²) in [7, 11) is 1.74. The molecule has 6 heteroatoms. The molecule has 0 fully saturated rings. The third-order valence-electron chi connectivity index (χ3n) is 5.55. The van der Waals surface area contributed by atoms with Crippen molar-refractivity contribution in [2.45, 2.75) is 19.9 Å². The quantitative estimate of drug-likeness (QED) is 0.653. The van der Waals surface area contributed by atoms with Crippen molar-refractivity contribution >= 4 is 29.0 Å². The number of benzene rings is 3. The molecule has 3 aromatic rings. The Morgan fingerprint density at radius 2 is 1.72 bits per heavy atom. The van der Waals surface area contributed by atoms with E-state index in [-0.39, 0.29) is 18.5 Å². The molecule has 0 bridgehead atoms. The summed E-state index contributed by atoms with van der Waals surface area (Å²) in [6.45, 7) is 4.04. The van der Waals surface area contributed by atoms with Gasteiger partial charge in [0.25, 0.3) is 5.91 Å². The zero-order valence-electron chi connectivity index (χ0n) is 18.4. The minimum atomic E-state index is -0.743. The van der Waals surface area contributed by atoms with Crippen LogP contribution in [0.2, 0.25) is 0 Å². The first-order valence-electron chi connectivity index (χ1n) is 10.6. The number of fused-ring (bicyclic) bond motifs is 1. The molecule has 4 rings (SSSR count). The van der Waals surface area contributed by atoms with Gasteiger partial charge in [-0.1, -0.05) is 66.2 Å². The summed E-state index contributed by atoms with van der Waals surface area (Å²) in [5.74, 6) is -0.171. The number of aliphatic imine (C=N–C) groups is 1. The lowest BCUT2D eigenvalue weighted by Crippen LogP contribution is -2.43. The largest absolute Gasteiger partial charge is 0.335 e. The van der Waals surface area contributed by atoms with Crippen LogP contribution >= 0.6 is 0 Å². The number of carbonyl (C=O) groups is 2. The van der Waals surface area contributed by atoms with E-state index in [2.05, 4.69) is 10.6 Å². The monoisotopic (exact) mass is 426 g/mol. The lowest BCUT2D eigenvalue weighted by atomic mass is 10.0. The molecule has 1 aliphatic rings. The van der Waals surface area contributed by atoms with Gasteiger partial charge in [0.05, 0.1) is 17.9 Å². The lowest BCUT2D eigenvalue weighted by molar-refractivity contribution is -0.119. The number of rotatable bonds is 4. The number of nitrogens with one attached hydrogen (secondary N) is 2. The molecule has 0 aromatic heterocycles. The molecule has 1 aliphatic heterocycles. The molecule has 0 radical (unpaired) electrons. The predicted octanol–water partition coefficient (Wildman–Crippen LogP) is 4.31. The highest BCUT2D eigenvalue weighted by Gasteiger charge is 2.30. The van der Waals surface area contributed by atoms with Gasteiger partial charge in [-0.25, -0.2) is 4.79 Å². The van der Waals surface area contributed by atoms with Crippen molar-refractivity contribution in [2.75, 3.05) is 23.8 Å². The van der Waals surface area contributed by atoms with Crippen LogP contribution in [0.15, 0.2) is 77.8 Å². The molecule has 6 nitrogen and oxygen atoms in total. The molecule has 1 unspecified atom stereocenters. The van der Waals surface area contributed by atoms with Gasteiger partial charge in [-0.3, -0.25) is 9.79 Å². The molecule has 32 heavy (non-hydrogen) atoms. The standard InChI is InChI=1S/C26H26N4O2/c1-17-13-14-21(18(2)15-17)29-26(32)27-16-22-25(31)30(3)23-12-8-7-11-20(23)24(28-22)19-9-5-4-6-10-19/h4-15,22H,16H2,1-3H3,(H2,27,29,32). The van der Waals surface area contributed by atoms with Crippen LogP contribution in [-0.4, -0.2) is 37.3 Å². The molecule has 3 aromatic carbocycles. The zero-order chi connectivity index (χ0) is 22.7. The zero-order valence-corrected chi connectivity index (χ0v) is 18.4. The van der Waals surface area contributed by atoms with Crippen molar-refractivity contribution in [3.63, 3.8) is 0 Å². The molecule has 3 amide bonds. The number of para-hydroxylation sites is 1. The Hall–Kier alpha value is -3.93. The smallest absolute Gasteiger partial charge is 0.319 e. The van der Waals surface area contributed by atoms with Gasteiger partial charge in [-0.15, -0.1) is 0 Å². The van der Waals surface area contributed by atoms with Gasteiger partial charge in [0.1, 0.15) is 6.04 Å². The van der Waals surface area contributed by atoms with E-state index in [1.807, 2.05) is 86.6 Å². The molecule has 1 heterocycles. The fourth-order valence-corrected chi connectivity index (χ4v) is 3.86. The topological polar surface area (TPSA) is 73.8 Å². The minimum absolute atomic E-state index is 0.0875. The van der Waals surface area contributed by atoms with Crippen LogP contribution in [-0.2, 0) is 4.79 Å². The lowest BCUT2D eigenvalue weighted by Gasteiger charge is -2.20. The van der Waals surface area contributed by atoms with Gasteiger partial charge in [0.15, 0.2) is 0 Å².